The van der Waals surface area contributed by atoms with Crippen LogP contribution in [-0.4, -0.2) is 15.6 Å². The van der Waals surface area contributed by atoms with Gasteiger partial charge in [-0.25, -0.2) is 0 Å². The van der Waals surface area contributed by atoms with Gasteiger partial charge in [0.05, 0.1) is 9.85 Å². The molecule has 0 aromatic heterocycles. The first kappa shape index (κ1) is 12.7. The molecule has 0 N–H and O–H groups in total. The van der Waals surface area contributed by atoms with Crippen LogP contribution in [0.4, 0.5) is 15.8 Å². The van der Waals surface area contributed by atoms with E-state index in [0.29, 0.717) is 0 Å². The normalized spacial score (nSPS) is 10.0. The van der Waals surface area contributed by atoms with Crippen molar-refractivity contribution in [1.82, 2.24) is 0 Å². The molecule has 0 aliphatic carbocycles. The van der Waals surface area contributed by atoms with Crippen LogP contribution < -0.4 is 0 Å². The van der Waals surface area contributed by atoms with Crippen LogP contribution in [-0.2, 0) is 11.2 Å². The third kappa shape index (κ3) is 2.60. The molecule has 1 aromatic carbocycles. The molecule has 7 nitrogen and oxygen atoms in total. The summed E-state index contributed by atoms with van der Waals surface area (Å²) in [6, 6.07) is 1.82. The third-order valence-electron chi connectivity index (χ3n) is 1.99. The number of nitrogens with zero attached hydrogens (tertiary/aromatic N) is 2. The number of carbonyl (C=O) groups is 1. The lowest BCUT2D eigenvalue weighted by atomic mass is 10.1. The molecule has 0 amide bonds. The van der Waals surface area contributed by atoms with E-state index in [1.54, 1.807) is 0 Å². The van der Waals surface area contributed by atoms with Gasteiger partial charge in [0.2, 0.25) is 5.82 Å². The summed E-state index contributed by atoms with van der Waals surface area (Å²) in [5, 5.41) is 21.0. The fourth-order valence-corrected chi connectivity index (χ4v) is 1.32. The Balaban J connectivity index is 3.43. The first-order valence-electron chi connectivity index (χ1n) is 4.44. The average Bonchev–Trinajstić information content (AvgIpc) is 2.19. The van der Waals surface area contributed by atoms with Crippen LogP contribution >= 0.6 is 0 Å². The maximum Gasteiger partial charge on any atom is 0.381 e. The lowest BCUT2D eigenvalue weighted by Crippen LogP contribution is -2.05. The molecule has 1 aromatic rings. The van der Waals surface area contributed by atoms with Crippen LogP contribution in [0.3, 0.4) is 0 Å². The Bertz CT molecular complexity index is 514. The highest BCUT2D eigenvalue weighted by molar-refractivity contribution is 5.78. The summed E-state index contributed by atoms with van der Waals surface area (Å²) in [5.74, 6) is -1.73. The predicted octanol–water partition coefficient (Wildman–Crippen LogP) is 1.77. The Morgan fingerprint density at radius 1 is 1.29 bits per heavy atom. The highest BCUT2D eigenvalue weighted by atomic mass is 19.1. The number of ketones is 1. The predicted molar refractivity (Wildman–Crippen MR) is 54.1 cm³/mol. The van der Waals surface area contributed by atoms with Crippen molar-refractivity contribution in [3.8, 4) is 0 Å². The van der Waals surface area contributed by atoms with E-state index in [9.17, 15) is 29.4 Å². The number of nitro groups is 2. The molecular formula is C9H7FN2O5. The SMILES string of the molecule is CC(=O)Cc1ccc([N+](=O)[O-])c([N+](=O)[O-])c1F. The highest BCUT2D eigenvalue weighted by Crippen LogP contribution is 2.31. The van der Waals surface area contributed by atoms with Crippen molar-refractivity contribution >= 4 is 17.2 Å². The van der Waals surface area contributed by atoms with Crippen LogP contribution in [0.15, 0.2) is 12.1 Å². The number of hydrogen-bond acceptors (Lipinski definition) is 5. The lowest BCUT2D eigenvalue weighted by molar-refractivity contribution is -0.424. The second-order valence-electron chi connectivity index (χ2n) is 3.30. The summed E-state index contributed by atoms with van der Waals surface area (Å²) in [6.07, 6.45) is -0.343. The molecule has 17 heavy (non-hydrogen) atoms. The van der Waals surface area contributed by atoms with Crippen LogP contribution in [0, 0.1) is 26.0 Å². The molecule has 0 atom stereocenters. The standard InChI is InChI=1S/C9H7FN2O5/c1-5(13)4-6-2-3-7(11(14)15)9(8(6)10)12(16)17/h2-3H,4H2,1H3. The van der Waals surface area contributed by atoms with Crippen molar-refractivity contribution in [2.45, 2.75) is 13.3 Å². The number of halogens is 1. The minimum absolute atomic E-state index is 0.227. The largest absolute Gasteiger partial charge is 0.381 e. The Labute approximate surface area is 94.2 Å². The molecule has 0 saturated carbocycles. The van der Waals surface area contributed by atoms with Gasteiger partial charge < -0.3 is 0 Å². The summed E-state index contributed by atoms with van der Waals surface area (Å²) in [4.78, 5) is 29.6. The fourth-order valence-electron chi connectivity index (χ4n) is 1.32. The van der Waals surface area contributed by atoms with E-state index in [-0.39, 0.29) is 12.0 Å². The van der Waals surface area contributed by atoms with Crippen molar-refractivity contribution in [3.63, 3.8) is 0 Å². The molecule has 0 radical (unpaired) electrons. The van der Waals surface area contributed by atoms with Gasteiger partial charge in [0.25, 0.3) is 0 Å². The summed E-state index contributed by atoms with van der Waals surface area (Å²) in [6.45, 7) is 1.19. The Kier molecular flexibility index (Phi) is 3.46. The van der Waals surface area contributed by atoms with Crippen LogP contribution in [0.5, 0.6) is 0 Å². The molecule has 90 valence electrons. The zero-order chi connectivity index (χ0) is 13.2. The van der Waals surface area contributed by atoms with Gasteiger partial charge in [0.1, 0.15) is 5.78 Å². The summed E-state index contributed by atoms with van der Waals surface area (Å²) in [5.41, 5.74) is -2.37. The van der Waals surface area contributed by atoms with Gasteiger partial charge in [0.15, 0.2) is 0 Å². The number of Topliss-reactive ketones (excluding diaryl/α,β-unsaturated/α-hetero) is 1. The number of carbonyl (C=O) groups excluding carboxylic acids is 1. The van der Waals surface area contributed by atoms with E-state index in [2.05, 4.69) is 0 Å². The third-order valence-corrected chi connectivity index (χ3v) is 1.99. The first-order valence-corrected chi connectivity index (χ1v) is 4.44. The maximum absolute atomic E-state index is 13.6. The number of rotatable bonds is 4. The van der Waals surface area contributed by atoms with E-state index in [1.165, 1.54) is 6.92 Å². The molecule has 0 bridgehead atoms. The molecule has 0 fully saturated rings. The maximum atomic E-state index is 13.6. The second kappa shape index (κ2) is 4.64. The van der Waals surface area contributed by atoms with Gasteiger partial charge in [-0.05, 0) is 13.0 Å². The average molecular weight is 242 g/mol. The minimum atomic E-state index is -1.33. The lowest BCUT2D eigenvalue weighted by Gasteiger charge is -2.01. The summed E-state index contributed by atoms with van der Waals surface area (Å²) >= 11 is 0. The zero-order valence-corrected chi connectivity index (χ0v) is 8.68. The van der Waals surface area contributed by atoms with Crippen molar-refractivity contribution in [2.24, 2.45) is 0 Å². The summed E-state index contributed by atoms with van der Waals surface area (Å²) in [7, 11) is 0. The van der Waals surface area contributed by atoms with Gasteiger partial charge >= 0.3 is 11.4 Å². The summed E-state index contributed by atoms with van der Waals surface area (Å²) < 4.78 is 13.6. The highest BCUT2D eigenvalue weighted by Gasteiger charge is 2.31. The van der Waals surface area contributed by atoms with E-state index < -0.39 is 32.8 Å². The number of hydrogen-bond donors (Lipinski definition) is 0. The molecule has 0 heterocycles. The quantitative estimate of drug-likeness (QED) is 0.591. The van der Waals surface area contributed by atoms with Crippen molar-refractivity contribution in [1.29, 1.82) is 0 Å². The van der Waals surface area contributed by atoms with E-state index in [4.69, 9.17) is 0 Å². The van der Waals surface area contributed by atoms with Crippen LogP contribution in [0.25, 0.3) is 0 Å². The minimum Gasteiger partial charge on any atom is -0.300 e. The Morgan fingerprint density at radius 3 is 2.29 bits per heavy atom. The van der Waals surface area contributed by atoms with Crippen molar-refractivity contribution in [3.05, 3.63) is 43.7 Å². The van der Waals surface area contributed by atoms with Gasteiger partial charge in [-0.15, -0.1) is 0 Å². The molecule has 0 spiro atoms. The Morgan fingerprint density at radius 2 is 1.88 bits per heavy atom. The molecule has 0 saturated heterocycles. The smallest absolute Gasteiger partial charge is 0.300 e. The number of nitro benzene ring substituents is 2. The Hall–Kier alpha value is -2.38. The fraction of sp³-hybridized carbons (Fsp3) is 0.222. The molecular weight excluding hydrogens is 235 g/mol. The van der Waals surface area contributed by atoms with Gasteiger partial charge in [-0.3, -0.25) is 25.0 Å². The second-order valence-corrected chi connectivity index (χ2v) is 3.30. The monoisotopic (exact) mass is 242 g/mol. The van der Waals surface area contributed by atoms with E-state index in [1.807, 2.05) is 0 Å². The van der Waals surface area contributed by atoms with Crippen molar-refractivity contribution < 1.29 is 19.0 Å². The van der Waals surface area contributed by atoms with E-state index in [0.717, 1.165) is 12.1 Å². The zero-order valence-electron chi connectivity index (χ0n) is 8.68. The van der Waals surface area contributed by atoms with Crippen LogP contribution in [0.2, 0.25) is 0 Å². The van der Waals surface area contributed by atoms with Gasteiger partial charge in [0, 0.05) is 18.1 Å². The van der Waals surface area contributed by atoms with E-state index >= 15 is 0 Å². The molecule has 8 heteroatoms. The van der Waals surface area contributed by atoms with Crippen LogP contribution in [0.1, 0.15) is 12.5 Å². The first-order chi connectivity index (χ1) is 7.84. The molecule has 0 unspecified atom stereocenters. The number of benzene rings is 1. The molecule has 0 aliphatic heterocycles. The van der Waals surface area contributed by atoms with Gasteiger partial charge in [-0.2, -0.15) is 4.39 Å². The topological polar surface area (TPSA) is 103 Å². The molecule has 0 aliphatic rings. The van der Waals surface area contributed by atoms with Crippen molar-refractivity contribution in [2.75, 3.05) is 0 Å². The molecule has 1 rings (SSSR count). The van der Waals surface area contributed by atoms with Gasteiger partial charge in [-0.1, -0.05) is 0 Å².